The normalized spacial score (nSPS) is 13.5. The Labute approximate surface area is 140 Å². The molecule has 1 aromatic rings. The quantitative estimate of drug-likeness (QED) is 0.710. The molecule has 0 heterocycles. The Bertz CT molecular complexity index is 550. The average Bonchev–Trinajstić information content (AvgIpc) is 2.41. The highest BCUT2D eigenvalue weighted by atomic mass is 35.5. The van der Waals surface area contributed by atoms with Crippen molar-refractivity contribution in [2.24, 2.45) is 11.7 Å². The summed E-state index contributed by atoms with van der Waals surface area (Å²) in [6.07, 6.45) is 0.501. The fraction of sp³-hybridized carbons (Fsp3) is 0.467. The average molecular weight is 346 g/mol. The van der Waals surface area contributed by atoms with Gasteiger partial charge in [-0.25, -0.2) is 0 Å². The molecule has 0 aliphatic heterocycles. The van der Waals surface area contributed by atoms with Crippen LogP contribution in [0.15, 0.2) is 18.2 Å². The van der Waals surface area contributed by atoms with Gasteiger partial charge in [-0.2, -0.15) is 0 Å². The molecule has 0 aliphatic carbocycles. The van der Waals surface area contributed by atoms with Crippen LogP contribution in [0.5, 0.6) is 0 Å². The molecule has 1 aromatic carbocycles. The molecular formula is C15H21Cl2N3O2. The van der Waals surface area contributed by atoms with Gasteiger partial charge in [-0.3, -0.25) is 9.59 Å². The highest BCUT2D eigenvalue weighted by Crippen LogP contribution is 2.25. The number of carbonyl (C=O) groups is 2. The molecule has 0 bridgehead atoms. The molecular weight excluding hydrogens is 325 g/mol. The molecule has 2 atom stereocenters. The van der Waals surface area contributed by atoms with Crippen molar-refractivity contribution in [3.63, 3.8) is 0 Å². The number of primary amides is 1. The van der Waals surface area contributed by atoms with Crippen LogP contribution in [0.1, 0.15) is 27.2 Å². The Morgan fingerprint density at radius 2 is 1.82 bits per heavy atom. The lowest BCUT2D eigenvalue weighted by Gasteiger charge is -2.21. The van der Waals surface area contributed by atoms with Crippen molar-refractivity contribution >= 4 is 40.7 Å². The first-order valence-electron chi connectivity index (χ1n) is 7.02. The molecule has 0 aliphatic rings. The van der Waals surface area contributed by atoms with Crippen LogP contribution in [0.25, 0.3) is 0 Å². The van der Waals surface area contributed by atoms with Gasteiger partial charge in [-0.15, -0.1) is 0 Å². The van der Waals surface area contributed by atoms with Crippen molar-refractivity contribution < 1.29 is 9.59 Å². The van der Waals surface area contributed by atoms with E-state index >= 15 is 0 Å². The minimum absolute atomic E-state index is 0.246. The van der Waals surface area contributed by atoms with Crippen LogP contribution < -0.4 is 16.4 Å². The van der Waals surface area contributed by atoms with E-state index in [4.69, 9.17) is 28.9 Å². The van der Waals surface area contributed by atoms with E-state index < -0.39 is 18.0 Å². The smallest absolute Gasteiger partial charge is 0.242 e. The van der Waals surface area contributed by atoms with Gasteiger partial charge in [0.1, 0.15) is 12.1 Å². The van der Waals surface area contributed by atoms with E-state index in [0.717, 1.165) is 0 Å². The van der Waals surface area contributed by atoms with Gasteiger partial charge in [-0.05, 0) is 37.5 Å². The second-order valence-corrected chi connectivity index (χ2v) is 6.40. The second-order valence-electron chi connectivity index (χ2n) is 5.59. The first-order chi connectivity index (χ1) is 10.2. The van der Waals surface area contributed by atoms with Crippen molar-refractivity contribution in [1.29, 1.82) is 0 Å². The lowest BCUT2D eigenvalue weighted by molar-refractivity contribution is -0.127. The van der Waals surface area contributed by atoms with Crippen LogP contribution in [0.2, 0.25) is 10.0 Å². The number of carbonyl (C=O) groups excluding carboxylic acids is 2. The molecule has 0 spiro atoms. The number of benzene rings is 1. The fourth-order valence-corrected chi connectivity index (χ4v) is 2.21. The van der Waals surface area contributed by atoms with Gasteiger partial charge in [0.05, 0.1) is 10.0 Å². The Balaban J connectivity index is 2.67. The third kappa shape index (κ3) is 5.73. The third-order valence-electron chi connectivity index (χ3n) is 3.06. The number of nitrogens with two attached hydrogens (primary N) is 1. The maximum absolute atomic E-state index is 12.2. The number of nitrogens with one attached hydrogen (secondary N) is 2. The van der Waals surface area contributed by atoms with Crippen LogP contribution in [0, 0.1) is 5.92 Å². The zero-order chi connectivity index (χ0) is 16.9. The maximum Gasteiger partial charge on any atom is 0.242 e. The summed E-state index contributed by atoms with van der Waals surface area (Å²) in [5.74, 6) is -0.601. The van der Waals surface area contributed by atoms with E-state index in [1.807, 2.05) is 13.8 Å². The number of hydrogen-bond acceptors (Lipinski definition) is 3. The number of rotatable bonds is 7. The van der Waals surface area contributed by atoms with Crippen molar-refractivity contribution in [2.45, 2.75) is 39.3 Å². The van der Waals surface area contributed by atoms with Crippen LogP contribution in [-0.2, 0) is 9.59 Å². The lowest BCUT2D eigenvalue weighted by atomic mass is 10.0. The Morgan fingerprint density at radius 1 is 1.18 bits per heavy atom. The summed E-state index contributed by atoms with van der Waals surface area (Å²) >= 11 is 11.8. The highest BCUT2D eigenvalue weighted by Gasteiger charge is 2.22. The summed E-state index contributed by atoms with van der Waals surface area (Å²) < 4.78 is 0. The Morgan fingerprint density at radius 3 is 2.32 bits per heavy atom. The van der Waals surface area contributed by atoms with Crippen LogP contribution in [-0.4, -0.2) is 23.9 Å². The molecule has 0 unspecified atom stereocenters. The van der Waals surface area contributed by atoms with E-state index in [0.29, 0.717) is 22.2 Å². The Kier molecular flexibility index (Phi) is 6.97. The SMILES string of the molecule is CC(C)C[C@H](NC(=O)[C@H](C)Nc1ccc(Cl)c(Cl)c1)C(N)=O. The predicted octanol–water partition coefficient (Wildman–Crippen LogP) is 2.81. The minimum Gasteiger partial charge on any atom is -0.374 e. The Hall–Kier alpha value is -1.46. The zero-order valence-corrected chi connectivity index (χ0v) is 14.3. The van der Waals surface area contributed by atoms with E-state index in [1.165, 1.54) is 0 Å². The van der Waals surface area contributed by atoms with Crippen LogP contribution in [0.3, 0.4) is 0 Å². The molecule has 0 saturated carbocycles. The lowest BCUT2D eigenvalue weighted by Crippen LogP contribution is -2.49. The van der Waals surface area contributed by atoms with Crippen LogP contribution in [0.4, 0.5) is 5.69 Å². The van der Waals surface area contributed by atoms with Gasteiger partial charge in [0.25, 0.3) is 0 Å². The summed E-state index contributed by atoms with van der Waals surface area (Å²) in [7, 11) is 0. The van der Waals surface area contributed by atoms with Crippen molar-refractivity contribution in [1.82, 2.24) is 5.32 Å². The number of halogens is 2. The van der Waals surface area contributed by atoms with Gasteiger partial charge in [0.15, 0.2) is 0 Å². The monoisotopic (exact) mass is 345 g/mol. The maximum atomic E-state index is 12.2. The molecule has 0 fully saturated rings. The molecule has 1 rings (SSSR count). The van der Waals surface area contributed by atoms with Gasteiger partial charge < -0.3 is 16.4 Å². The first kappa shape index (κ1) is 18.6. The van der Waals surface area contributed by atoms with Crippen molar-refractivity contribution in [3.8, 4) is 0 Å². The molecule has 0 saturated heterocycles. The predicted molar refractivity (Wildman–Crippen MR) is 90.1 cm³/mol. The summed E-state index contributed by atoms with van der Waals surface area (Å²) in [6.45, 7) is 5.60. The molecule has 0 aromatic heterocycles. The molecule has 4 N–H and O–H groups in total. The van der Waals surface area contributed by atoms with Crippen LogP contribution >= 0.6 is 23.2 Å². The summed E-state index contributed by atoms with van der Waals surface area (Å²) in [5, 5.41) is 6.50. The molecule has 2 amide bonds. The fourth-order valence-electron chi connectivity index (χ4n) is 1.92. The molecule has 5 nitrogen and oxygen atoms in total. The highest BCUT2D eigenvalue weighted by molar-refractivity contribution is 6.42. The molecule has 22 heavy (non-hydrogen) atoms. The van der Waals surface area contributed by atoms with E-state index in [2.05, 4.69) is 10.6 Å². The number of amides is 2. The third-order valence-corrected chi connectivity index (χ3v) is 3.80. The summed E-state index contributed by atoms with van der Waals surface area (Å²) in [4.78, 5) is 23.5. The van der Waals surface area contributed by atoms with Crippen molar-refractivity contribution in [2.75, 3.05) is 5.32 Å². The van der Waals surface area contributed by atoms with Gasteiger partial charge in [0.2, 0.25) is 11.8 Å². The largest absolute Gasteiger partial charge is 0.374 e. The van der Waals surface area contributed by atoms with E-state index in [9.17, 15) is 9.59 Å². The van der Waals surface area contributed by atoms with Gasteiger partial charge >= 0.3 is 0 Å². The van der Waals surface area contributed by atoms with Crippen molar-refractivity contribution in [3.05, 3.63) is 28.2 Å². The standard InChI is InChI=1S/C15H21Cl2N3O2/c1-8(2)6-13(14(18)21)20-15(22)9(3)19-10-4-5-11(16)12(17)7-10/h4-5,7-9,13,19H,6H2,1-3H3,(H2,18,21)(H,20,22)/t9-,13-/m0/s1. The number of anilines is 1. The number of hydrogen-bond donors (Lipinski definition) is 3. The first-order valence-corrected chi connectivity index (χ1v) is 7.77. The van der Waals surface area contributed by atoms with Gasteiger partial charge in [0, 0.05) is 5.69 Å². The van der Waals surface area contributed by atoms with E-state index in [1.54, 1.807) is 25.1 Å². The molecule has 0 radical (unpaired) electrons. The van der Waals surface area contributed by atoms with E-state index in [-0.39, 0.29) is 11.8 Å². The topological polar surface area (TPSA) is 84.2 Å². The summed E-state index contributed by atoms with van der Waals surface area (Å²) in [6, 6.07) is 3.77. The summed E-state index contributed by atoms with van der Waals surface area (Å²) in [5.41, 5.74) is 5.98. The minimum atomic E-state index is -0.675. The van der Waals surface area contributed by atoms with Gasteiger partial charge in [-0.1, -0.05) is 37.0 Å². The molecule has 122 valence electrons. The molecule has 7 heteroatoms. The second kappa shape index (κ2) is 8.25. The zero-order valence-electron chi connectivity index (χ0n) is 12.8.